The van der Waals surface area contributed by atoms with Gasteiger partial charge in [-0.3, -0.25) is 4.79 Å². The zero-order chi connectivity index (χ0) is 23.5. The monoisotopic (exact) mass is 452 g/mol. The van der Waals surface area contributed by atoms with E-state index in [0.29, 0.717) is 24.0 Å². The Bertz CT molecular complexity index is 1000. The van der Waals surface area contributed by atoms with Crippen molar-refractivity contribution in [3.05, 3.63) is 35.2 Å². The van der Waals surface area contributed by atoms with Crippen LogP contribution in [0.4, 0.5) is 23.0 Å². The molecule has 1 saturated carbocycles. The van der Waals surface area contributed by atoms with Crippen molar-refractivity contribution in [2.75, 3.05) is 28.6 Å². The van der Waals surface area contributed by atoms with Crippen LogP contribution in [0.5, 0.6) is 0 Å². The highest BCUT2D eigenvalue weighted by Gasteiger charge is 2.24. The Hall–Kier alpha value is -2.87. The van der Waals surface area contributed by atoms with Gasteiger partial charge in [0.1, 0.15) is 5.82 Å². The van der Waals surface area contributed by atoms with Crippen LogP contribution in [0, 0.1) is 12.8 Å². The Balaban J connectivity index is 1.59. The van der Waals surface area contributed by atoms with Crippen LogP contribution in [0.3, 0.4) is 0 Å². The second kappa shape index (κ2) is 9.95. The lowest BCUT2D eigenvalue weighted by molar-refractivity contribution is 0.0996. The summed E-state index contributed by atoms with van der Waals surface area (Å²) in [5.41, 5.74) is 9.78. The third-order valence-electron chi connectivity index (χ3n) is 6.80. The van der Waals surface area contributed by atoms with E-state index < -0.39 is 5.91 Å². The summed E-state index contributed by atoms with van der Waals surface area (Å²) >= 11 is 0. The summed E-state index contributed by atoms with van der Waals surface area (Å²) in [6.07, 6.45) is 4.94. The van der Waals surface area contributed by atoms with Crippen molar-refractivity contribution in [2.24, 2.45) is 11.7 Å². The number of nitrogens with zero attached hydrogens (tertiary/aromatic N) is 3. The molecule has 5 N–H and O–H groups in total. The van der Waals surface area contributed by atoms with Gasteiger partial charge in [-0.1, -0.05) is 13.8 Å². The normalized spacial score (nSPS) is 22.9. The maximum Gasteiger partial charge on any atom is 0.271 e. The minimum absolute atomic E-state index is 0.145. The molecule has 1 aliphatic carbocycles. The number of aromatic nitrogens is 2. The van der Waals surface area contributed by atoms with Crippen LogP contribution < -0.4 is 21.3 Å². The third kappa shape index (κ3) is 5.38. The number of primary amides is 1. The first-order chi connectivity index (χ1) is 15.8. The number of hydrogen-bond acceptors (Lipinski definition) is 7. The van der Waals surface area contributed by atoms with Gasteiger partial charge in [0.15, 0.2) is 11.5 Å². The first kappa shape index (κ1) is 23.3. The number of amides is 1. The molecule has 0 radical (unpaired) electrons. The van der Waals surface area contributed by atoms with Crippen molar-refractivity contribution >= 4 is 28.9 Å². The fourth-order valence-electron chi connectivity index (χ4n) is 4.88. The van der Waals surface area contributed by atoms with Gasteiger partial charge in [0, 0.05) is 30.5 Å². The Labute approximate surface area is 196 Å². The zero-order valence-corrected chi connectivity index (χ0v) is 19.9. The molecule has 0 bridgehead atoms. The number of carbonyl (C=O) groups is 1. The molecule has 1 amide bonds. The molecule has 1 aromatic heterocycles. The fourth-order valence-corrected chi connectivity index (χ4v) is 4.88. The van der Waals surface area contributed by atoms with Gasteiger partial charge in [-0.25, -0.2) is 9.97 Å². The number of benzene rings is 1. The first-order valence-corrected chi connectivity index (χ1v) is 12.1. The molecule has 8 nitrogen and oxygen atoms in total. The molecule has 0 spiro atoms. The van der Waals surface area contributed by atoms with Gasteiger partial charge >= 0.3 is 0 Å². The Morgan fingerprint density at radius 1 is 1.18 bits per heavy atom. The van der Waals surface area contributed by atoms with Crippen LogP contribution in [-0.4, -0.2) is 46.2 Å². The summed E-state index contributed by atoms with van der Waals surface area (Å²) in [6.45, 7) is 8.54. The number of nitrogens with two attached hydrogens (primary N) is 1. The second-order valence-electron chi connectivity index (χ2n) is 9.55. The van der Waals surface area contributed by atoms with Crippen molar-refractivity contribution in [1.82, 2.24) is 9.97 Å². The molecule has 4 rings (SSSR count). The molecular weight excluding hydrogens is 416 g/mol. The molecule has 1 aliphatic heterocycles. The van der Waals surface area contributed by atoms with Gasteiger partial charge in [0.25, 0.3) is 5.91 Å². The number of carbonyl (C=O) groups excluding carboxylic acids is 1. The molecule has 1 saturated heterocycles. The summed E-state index contributed by atoms with van der Waals surface area (Å²) in [4.78, 5) is 23.9. The van der Waals surface area contributed by atoms with E-state index in [9.17, 15) is 9.90 Å². The summed E-state index contributed by atoms with van der Waals surface area (Å²) in [6, 6.07) is 6.44. The zero-order valence-electron chi connectivity index (χ0n) is 19.9. The van der Waals surface area contributed by atoms with E-state index in [0.717, 1.165) is 50.2 Å². The minimum atomic E-state index is -0.605. The van der Waals surface area contributed by atoms with E-state index in [-0.39, 0.29) is 17.8 Å². The second-order valence-corrected chi connectivity index (χ2v) is 9.55. The van der Waals surface area contributed by atoms with Gasteiger partial charge in [-0.15, -0.1) is 0 Å². The maximum absolute atomic E-state index is 12.2. The van der Waals surface area contributed by atoms with Crippen molar-refractivity contribution in [1.29, 1.82) is 0 Å². The fraction of sp³-hybridized carbons (Fsp3) is 0.560. The molecule has 33 heavy (non-hydrogen) atoms. The average molecular weight is 453 g/mol. The molecular formula is C25H36N6O2. The lowest BCUT2D eigenvalue weighted by Gasteiger charge is -2.27. The highest BCUT2D eigenvalue weighted by atomic mass is 16.3. The van der Waals surface area contributed by atoms with Crippen LogP contribution in [0.1, 0.15) is 67.7 Å². The van der Waals surface area contributed by atoms with Crippen LogP contribution >= 0.6 is 0 Å². The largest absolute Gasteiger partial charge is 0.393 e. The van der Waals surface area contributed by atoms with E-state index in [1.165, 1.54) is 17.7 Å². The summed E-state index contributed by atoms with van der Waals surface area (Å²) in [5.74, 6) is 1.14. The smallest absolute Gasteiger partial charge is 0.271 e. The van der Waals surface area contributed by atoms with Crippen LogP contribution in [0.15, 0.2) is 18.2 Å². The average Bonchev–Trinajstić information content (AvgIpc) is 3.21. The van der Waals surface area contributed by atoms with Gasteiger partial charge in [-0.2, -0.15) is 0 Å². The van der Waals surface area contributed by atoms with Crippen LogP contribution in [-0.2, 0) is 6.42 Å². The molecule has 2 aliphatic rings. The van der Waals surface area contributed by atoms with E-state index in [4.69, 9.17) is 10.7 Å². The lowest BCUT2D eigenvalue weighted by Crippen LogP contribution is -2.29. The Morgan fingerprint density at radius 2 is 1.94 bits per heavy atom. The molecule has 2 fully saturated rings. The van der Waals surface area contributed by atoms with Crippen molar-refractivity contribution in [3.63, 3.8) is 0 Å². The van der Waals surface area contributed by atoms with Gasteiger partial charge < -0.3 is 26.4 Å². The highest BCUT2D eigenvalue weighted by Crippen LogP contribution is 2.31. The van der Waals surface area contributed by atoms with E-state index in [1.54, 1.807) is 0 Å². The topological polar surface area (TPSA) is 116 Å². The van der Waals surface area contributed by atoms with Gasteiger partial charge in [0.2, 0.25) is 0 Å². The summed E-state index contributed by atoms with van der Waals surface area (Å²) in [7, 11) is 0. The van der Waals surface area contributed by atoms with Gasteiger partial charge in [-0.05, 0) is 75.1 Å². The minimum Gasteiger partial charge on any atom is -0.393 e. The van der Waals surface area contributed by atoms with Crippen molar-refractivity contribution < 1.29 is 9.90 Å². The van der Waals surface area contributed by atoms with E-state index >= 15 is 0 Å². The molecule has 1 aromatic carbocycles. The lowest BCUT2D eigenvalue weighted by atomic mass is 9.93. The quantitative estimate of drug-likeness (QED) is 0.505. The highest BCUT2D eigenvalue weighted by molar-refractivity contribution is 5.96. The number of anilines is 4. The van der Waals surface area contributed by atoms with Crippen molar-refractivity contribution in [3.8, 4) is 0 Å². The molecule has 1 unspecified atom stereocenters. The van der Waals surface area contributed by atoms with Crippen molar-refractivity contribution in [2.45, 2.75) is 71.4 Å². The summed E-state index contributed by atoms with van der Waals surface area (Å²) in [5, 5.41) is 16.6. The number of aliphatic hydroxyl groups excluding tert-OH is 1. The SMILES string of the molecule is CCc1nc(C(N)=O)c(Nc2ccc(N3CCC(C)C3)c(C)c2)nc1NC1CCC(O)CC1. The number of hydrogen-bond donors (Lipinski definition) is 4. The molecule has 8 heteroatoms. The molecule has 2 heterocycles. The predicted molar refractivity (Wildman–Crippen MR) is 132 cm³/mol. The predicted octanol–water partition coefficient (Wildman–Crippen LogP) is 3.75. The Morgan fingerprint density at radius 3 is 2.55 bits per heavy atom. The van der Waals surface area contributed by atoms with Gasteiger partial charge in [0.05, 0.1) is 11.8 Å². The number of nitrogens with one attached hydrogen (secondary N) is 2. The molecule has 1 atom stereocenters. The number of rotatable bonds is 7. The standard InChI is InChI=1S/C25H36N6O2/c1-4-20-24(27-17-5-8-19(32)9-6-17)30-25(22(29-20)23(26)33)28-18-7-10-21(16(3)13-18)31-12-11-15(2)14-31/h7,10,13,15,17,19,32H,4-6,8-9,11-12,14H2,1-3H3,(H2,26,33)(H2,27,28,30). The molecule has 2 aromatic rings. The van der Waals surface area contributed by atoms with Crippen LogP contribution in [0.2, 0.25) is 0 Å². The number of aliphatic hydroxyl groups is 1. The Kier molecular flexibility index (Phi) is 7.02. The van der Waals surface area contributed by atoms with E-state index in [1.807, 2.05) is 13.0 Å². The first-order valence-electron chi connectivity index (χ1n) is 12.1. The third-order valence-corrected chi connectivity index (χ3v) is 6.80. The maximum atomic E-state index is 12.2. The molecule has 178 valence electrons. The number of aryl methyl sites for hydroxylation is 2. The summed E-state index contributed by atoms with van der Waals surface area (Å²) < 4.78 is 0. The van der Waals surface area contributed by atoms with E-state index in [2.05, 4.69) is 46.5 Å². The van der Waals surface area contributed by atoms with Crippen LogP contribution in [0.25, 0.3) is 0 Å².